The van der Waals surface area contributed by atoms with Crippen LogP contribution in [0.5, 0.6) is 0 Å². The molecule has 0 radical (unpaired) electrons. The van der Waals surface area contributed by atoms with Crippen LogP contribution in [-0.2, 0) is 26.2 Å². The third-order valence-electron chi connectivity index (χ3n) is 7.08. The molecule has 1 aliphatic rings. The van der Waals surface area contributed by atoms with Crippen molar-refractivity contribution < 1.29 is 18.0 Å². The lowest BCUT2D eigenvalue weighted by Gasteiger charge is -2.33. The summed E-state index contributed by atoms with van der Waals surface area (Å²) in [6, 6.07) is 12.7. The summed E-state index contributed by atoms with van der Waals surface area (Å²) in [6.07, 6.45) is 5.61. The molecule has 2 amide bonds. The first-order chi connectivity index (χ1) is 17.0. The minimum Gasteiger partial charge on any atom is -0.352 e. The average molecular weight is 514 g/mol. The Morgan fingerprint density at radius 1 is 1.03 bits per heavy atom. The maximum Gasteiger partial charge on any atom is 0.244 e. The van der Waals surface area contributed by atoms with Crippen molar-refractivity contribution in [2.75, 3.05) is 17.1 Å². The number of hydrogen-bond donors (Lipinski definition) is 1. The minimum absolute atomic E-state index is 0.130. The van der Waals surface area contributed by atoms with Crippen LogP contribution in [0.4, 0.5) is 5.69 Å². The summed E-state index contributed by atoms with van der Waals surface area (Å²) in [4.78, 5) is 28.7. The van der Waals surface area contributed by atoms with E-state index in [-0.39, 0.29) is 25.0 Å². The molecule has 1 atom stereocenters. The fourth-order valence-electron chi connectivity index (χ4n) is 4.78. The van der Waals surface area contributed by atoms with Gasteiger partial charge in [0.1, 0.15) is 12.6 Å². The Balaban J connectivity index is 1.94. The van der Waals surface area contributed by atoms with Gasteiger partial charge in [0.15, 0.2) is 0 Å². The topological polar surface area (TPSA) is 86.8 Å². The van der Waals surface area contributed by atoms with E-state index >= 15 is 0 Å². The Bertz CT molecular complexity index is 1170. The average Bonchev–Trinajstić information content (AvgIpc) is 3.33. The second-order valence-electron chi connectivity index (χ2n) is 9.91. The van der Waals surface area contributed by atoms with Gasteiger partial charge in [-0.2, -0.15) is 0 Å². The van der Waals surface area contributed by atoms with Gasteiger partial charge in [0.05, 0.1) is 11.9 Å². The lowest BCUT2D eigenvalue weighted by molar-refractivity contribution is -0.140. The summed E-state index contributed by atoms with van der Waals surface area (Å²) >= 11 is 0. The van der Waals surface area contributed by atoms with E-state index in [9.17, 15) is 18.0 Å². The number of sulfonamides is 1. The molecule has 1 saturated carbocycles. The van der Waals surface area contributed by atoms with E-state index in [1.807, 2.05) is 58.0 Å². The summed E-state index contributed by atoms with van der Waals surface area (Å²) in [5.41, 5.74) is 4.20. The van der Waals surface area contributed by atoms with Crippen molar-refractivity contribution in [3.8, 4) is 0 Å². The summed E-state index contributed by atoms with van der Waals surface area (Å²) in [7, 11) is -3.75. The van der Waals surface area contributed by atoms with Crippen molar-refractivity contribution in [3.63, 3.8) is 0 Å². The third-order valence-corrected chi connectivity index (χ3v) is 8.21. The highest BCUT2D eigenvalue weighted by atomic mass is 32.2. The van der Waals surface area contributed by atoms with E-state index in [4.69, 9.17) is 0 Å². The number of hydrogen-bond acceptors (Lipinski definition) is 4. The number of nitrogens with zero attached hydrogens (tertiary/aromatic N) is 2. The Morgan fingerprint density at radius 3 is 2.25 bits per heavy atom. The summed E-state index contributed by atoms with van der Waals surface area (Å²) in [5, 5.41) is 3.13. The van der Waals surface area contributed by atoms with Crippen LogP contribution in [0, 0.1) is 20.8 Å². The van der Waals surface area contributed by atoms with Gasteiger partial charge in [-0.1, -0.05) is 61.7 Å². The van der Waals surface area contributed by atoms with Crippen LogP contribution in [0.25, 0.3) is 0 Å². The Morgan fingerprint density at radius 2 is 1.67 bits per heavy atom. The van der Waals surface area contributed by atoms with Crippen molar-refractivity contribution in [1.82, 2.24) is 10.2 Å². The second-order valence-corrected chi connectivity index (χ2v) is 11.8. The summed E-state index contributed by atoms with van der Waals surface area (Å²) in [5.74, 6) is -0.585. The van der Waals surface area contributed by atoms with Crippen LogP contribution in [0.1, 0.15) is 61.3 Å². The maximum atomic E-state index is 13.8. The molecule has 0 heterocycles. The fourth-order valence-corrected chi connectivity index (χ4v) is 5.68. The van der Waals surface area contributed by atoms with Crippen LogP contribution in [0.2, 0.25) is 0 Å². The van der Waals surface area contributed by atoms with Gasteiger partial charge in [-0.05, 0) is 62.8 Å². The van der Waals surface area contributed by atoms with Crippen molar-refractivity contribution in [2.24, 2.45) is 0 Å². The molecule has 8 heteroatoms. The molecule has 1 aliphatic carbocycles. The number of carbonyl (C=O) groups is 2. The number of rotatable bonds is 10. The number of carbonyl (C=O) groups excluding carboxylic acids is 2. The van der Waals surface area contributed by atoms with Gasteiger partial charge in [-0.3, -0.25) is 13.9 Å². The first kappa shape index (κ1) is 27.7. The van der Waals surface area contributed by atoms with Gasteiger partial charge >= 0.3 is 0 Å². The van der Waals surface area contributed by atoms with Gasteiger partial charge in [-0.15, -0.1) is 0 Å². The van der Waals surface area contributed by atoms with E-state index < -0.39 is 22.0 Å². The van der Waals surface area contributed by atoms with Crippen LogP contribution < -0.4 is 9.62 Å². The number of benzene rings is 2. The minimum atomic E-state index is -3.75. The van der Waals surface area contributed by atoms with Gasteiger partial charge in [0.2, 0.25) is 21.8 Å². The van der Waals surface area contributed by atoms with Crippen LogP contribution in [-0.4, -0.2) is 50.0 Å². The summed E-state index contributed by atoms with van der Waals surface area (Å²) in [6.45, 7) is 7.48. The van der Waals surface area contributed by atoms with Gasteiger partial charge in [-0.25, -0.2) is 8.42 Å². The predicted molar refractivity (Wildman–Crippen MR) is 144 cm³/mol. The number of anilines is 1. The molecule has 0 bridgehead atoms. The highest BCUT2D eigenvalue weighted by Gasteiger charge is 2.33. The largest absolute Gasteiger partial charge is 0.352 e. The molecular formula is C28H39N3O4S. The molecule has 7 nitrogen and oxygen atoms in total. The molecule has 0 spiro atoms. The molecule has 2 aromatic rings. The Kier molecular flexibility index (Phi) is 9.17. The molecule has 1 unspecified atom stereocenters. The smallest absolute Gasteiger partial charge is 0.244 e. The van der Waals surface area contributed by atoms with Crippen molar-refractivity contribution >= 4 is 27.5 Å². The molecule has 2 aromatic carbocycles. The highest BCUT2D eigenvalue weighted by molar-refractivity contribution is 7.92. The fraction of sp³-hybridized carbons (Fsp3) is 0.500. The first-order valence-electron chi connectivity index (χ1n) is 12.7. The zero-order chi connectivity index (χ0) is 26.5. The third kappa shape index (κ3) is 6.87. The molecular weight excluding hydrogens is 474 g/mol. The first-order valence-corrected chi connectivity index (χ1v) is 14.6. The van der Waals surface area contributed by atoms with Crippen LogP contribution in [0.3, 0.4) is 0 Å². The number of amides is 2. The lowest BCUT2D eigenvalue weighted by atomic mass is 10.1. The second kappa shape index (κ2) is 11.9. The number of aryl methyl sites for hydroxylation is 2. The van der Waals surface area contributed by atoms with E-state index in [0.29, 0.717) is 12.1 Å². The molecule has 0 aromatic heterocycles. The van der Waals surface area contributed by atoms with Crippen LogP contribution >= 0.6 is 0 Å². The van der Waals surface area contributed by atoms with Gasteiger partial charge in [0.25, 0.3) is 0 Å². The normalized spacial score (nSPS) is 14.9. The molecule has 196 valence electrons. The van der Waals surface area contributed by atoms with Gasteiger partial charge in [0, 0.05) is 12.6 Å². The van der Waals surface area contributed by atoms with Crippen LogP contribution in [0.15, 0.2) is 42.5 Å². The standard InChI is InChI=1S/C28H39N3O4S/c1-6-25(28(33)29-24-11-7-8-12-24)30(18-23-16-14-20(2)15-17-23)27(32)19-31(36(5,34)35)26-13-9-10-21(3)22(26)4/h9-10,13-17,24-25H,6-8,11-12,18-19H2,1-5H3,(H,29,33). The molecule has 0 saturated heterocycles. The number of nitrogens with one attached hydrogen (secondary N) is 1. The van der Waals surface area contributed by atoms with Crippen molar-refractivity contribution in [1.29, 1.82) is 0 Å². The predicted octanol–water partition coefficient (Wildman–Crippen LogP) is 4.24. The van der Waals surface area contributed by atoms with E-state index in [1.54, 1.807) is 12.1 Å². The van der Waals surface area contributed by atoms with Crippen molar-refractivity contribution in [2.45, 2.75) is 78.4 Å². The SMILES string of the molecule is CCC(C(=O)NC1CCCC1)N(Cc1ccc(C)cc1)C(=O)CN(c1cccc(C)c1C)S(C)(=O)=O. The van der Waals surface area contributed by atoms with Crippen molar-refractivity contribution in [3.05, 3.63) is 64.7 Å². The zero-order valence-electron chi connectivity index (χ0n) is 22.1. The molecule has 0 aliphatic heterocycles. The summed E-state index contributed by atoms with van der Waals surface area (Å²) < 4.78 is 26.8. The Labute approximate surface area is 215 Å². The molecule has 3 rings (SSSR count). The maximum absolute atomic E-state index is 13.8. The molecule has 1 N–H and O–H groups in total. The molecule has 1 fully saturated rings. The quantitative estimate of drug-likeness (QED) is 0.515. The zero-order valence-corrected chi connectivity index (χ0v) is 22.9. The lowest BCUT2D eigenvalue weighted by Crippen LogP contribution is -2.53. The monoisotopic (exact) mass is 513 g/mol. The van der Waals surface area contributed by atoms with E-state index in [2.05, 4.69) is 5.32 Å². The van der Waals surface area contributed by atoms with E-state index in [0.717, 1.165) is 58.5 Å². The van der Waals surface area contributed by atoms with E-state index in [1.165, 1.54) is 4.90 Å². The molecule has 36 heavy (non-hydrogen) atoms. The van der Waals surface area contributed by atoms with Gasteiger partial charge < -0.3 is 10.2 Å². The Hall–Kier alpha value is -2.87. The highest BCUT2D eigenvalue weighted by Crippen LogP contribution is 2.26.